The Balaban J connectivity index is 1.46. The van der Waals surface area contributed by atoms with Gasteiger partial charge < -0.3 is 20.1 Å². The molecule has 0 saturated carbocycles. The highest BCUT2D eigenvalue weighted by molar-refractivity contribution is 6.06. The van der Waals surface area contributed by atoms with Gasteiger partial charge in [-0.1, -0.05) is 12.1 Å². The van der Waals surface area contributed by atoms with Crippen LogP contribution < -0.4 is 15.4 Å². The average Bonchev–Trinajstić information content (AvgIpc) is 3.20. The zero-order chi connectivity index (χ0) is 22.7. The van der Waals surface area contributed by atoms with Crippen LogP contribution in [0.1, 0.15) is 34.1 Å². The molecule has 1 aromatic heterocycles. The van der Waals surface area contributed by atoms with Gasteiger partial charge in [-0.25, -0.2) is 13.6 Å². The molecule has 32 heavy (non-hydrogen) atoms. The normalized spacial score (nSPS) is 14.8. The highest BCUT2D eigenvalue weighted by Gasteiger charge is 2.27. The number of fused-ring (bicyclic) bond motifs is 1. The summed E-state index contributed by atoms with van der Waals surface area (Å²) >= 11 is 0. The molecule has 1 atom stereocenters. The lowest BCUT2D eigenvalue weighted by Gasteiger charge is -2.27. The summed E-state index contributed by atoms with van der Waals surface area (Å²) in [5.41, 5.74) is 1.55. The summed E-state index contributed by atoms with van der Waals surface area (Å²) in [5, 5.41) is 9.45. The van der Waals surface area contributed by atoms with Gasteiger partial charge in [-0.05, 0) is 24.3 Å². The van der Waals surface area contributed by atoms with Crippen molar-refractivity contribution in [2.75, 3.05) is 11.9 Å². The Hall–Kier alpha value is -3.95. The molecule has 2 N–H and O–H groups in total. The van der Waals surface area contributed by atoms with Crippen LogP contribution in [0.5, 0.6) is 5.75 Å². The lowest BCUT2D eigenvalue weighted by molar-refractivity contribution is 0.102. The Morgan fingerprint density at radius 1 is 1.22 bits per heavy atom. The molecule has 8 nitrogen and oxygen atoms in total. The number of anilines is 1. The van der Waals surface area contributed by atoms with Gasteiger partial charge in [-0.15, -0.1) is 0 Å². The Bertz CT molecular complexity index is 1160. The maximum absolute atomic E-state index is 13.4. The number of nitrogens with zero attached hydrogens (tertiary/aromatic N) is 2. The van der Waals surface area contributed by atoms with Gasteiger partial charge in [0.05, 0.1) is 23.9 Å². The number of aromatic nitrogens is 2. The number of rotatable bonds is 5. The lowest BCUT2D eigenvalue weighted by atomic mass is 9.97. The van der Waals surface area contributed by atoms with E-state index in [1.54, 1.807) is 42.2 Å². The number of aryl methyl sites for hydroxylation is 1. The number of hydrogen-bond donors (Lipinski definition) is 2. The van der Waals surface area contributed by atoms with E-state index < -0.39 is 29.7 Å². The van der Waals surface area contributed by atoms with Gasteiger partial charge in [0.25, 0.3) is 5.91 Å². The predicted molar refractivity (Wildman–Crippen MR) is 110 cm³/mol. The third-order valence-corrected chi connectivity index (χ3v) is 4.91. The van der Waals surface area contributed by atoms with Gasteiger partial charge in [0, 0.05) is 37.0 Å². The van der Waals surface area contributed by atoms with E-state index in [-0.39, 0.29) is 24.5 Å². The van der Waals surface area contributed by atoms with Crippen LogP contribution in [0.15, 0.2) is 48.7 Å². The Labute approximate surface area is 182 Å². The smallest absolute Gasteiger partial charge is 0.408 e. The maximum atomic E-state index is 13.4. The van der Waals surface area contributed by atoms with Crippen LogP contribution in [0.2, 0.25) is 0 Å². The van der Waals surface area contributed by atoms with E-state index >= 15 is 0 Å². The zero-order valence-corrected chi connectivity index (χ0v) is 17.1. The molecule has 0 saturated heterocycles. The third kappa shape index (κ3) is 4.69. The molecule has 1 aliphatic rings. The van der Waals surface area contributed by atoms with Crippen LogP contribution in [0, 0.1) is 11.6 Å². The summed E-state index contributed by atoms with van der Waals surface area (Å²) in [6, 6.07) is 9.35. The van der Waals surface area contributed by atoms with Crippen LogP contribution in [0.4, 0.5) is 19.3 Å². The lowest BCUT2D eigenvalue weighted by Crippen LogP contribution is -2.33. The number of halogens is 2. The van der Waals surface area contributed by atoms with Crippen LogP contribution >= 0.6 is 0 Å². The summed E-state index contributed by atoms with van der Waals surface area (Å²) in [4.78, 5) is 25.0. The fourth-order valence-electron chi connectivity index (χ4n) is 3.39. The molecular formula is C22H20F2N4O4. The van der Waals surface area contributed by atoms with Crippen molar-refractivity contribution in [3.8, 4) is 5.75 Å². The standard InChI is InChI=1S/C22H20F2N4O4/c1-28-9-7-14(27-28)12-32-22(30)26-19-8-10-31-20-15(19)3-2-4-16(20)21(29)25-13-5-6-17(23)18(24)11-13/h2-7,9,11,19H,8,10,12H2,1H3,(H,25,29)(H,26,30)/t19-/m0/s1. The van der Waals surface area contributed by atoms with Crippen molar-refractivity contribution in [3.05, 3.63) is 77.1 Å². The quantitative estimate of drug-likeness (QED) is 0.628. The topological polar surface area (TPSA) is 94.5 Å². The number of benzene rings is 2. The van der Waals surface area contributed by atoms with Crippen LogP contribution in [-0.2, 0) is 18.4 Å². The molecule has 0 aliphatic carbocycles. The van der Waals surface area contributed by atoms with E-state index in [0.717, 1.165) is 12.1 Å². The van der Waals surface area contributed by atoms with Crippen molar-refractivity contribution in [3.63, 3.8) is 0 Å². The van der Waals surface area contributed by atoms with Gasteiger partial charge in [-0.2, -0.15) is 5.10 Å². The van der Waals surface area contributed by atoms with Crippen molar-refractivity contribution in [2.45, 2.75) is 19.1 Å². The summed E-state index contributed by atoms with van der Waals surface area (Å²) in [6.07, 6.45) is 1.61. The highest BCUT2D eigenvalue weighted by atomic mass is 19.2. The molecule has 0 spiro atoms. The second kappa shape index (κ2) is 9.04. The minimum Gasteiger partial charge on any atom is -0.492 e. The predicted octanol–water partition coefficient (Wildman–Crippen LogP) is 3.70. The van der Waals surface area contributed by atoms with Crippen LogP contribution in [0.3, 0.4) is 0 Å². The van der Waals surface area contributed by atoms with Crippen molar-refractivity contribution in [2.24, 2.45) is 7.05 Å². The molecule has 4 rings (SSSR count). The number of hydrogen-bond acceptors (Lipinski definition) is 5. The second-order valence-corrected chi connectivity index (χ2v) is 7.20. The van der Waals surface area contributed by atoms with E-state index in [1.807, 2.05) is 0 Å². The first-order chi connectivity index (χ1) is 15.4. The third-order valence-electron chi connectivity index (χ3n) is 4.91. The molecule has 0 fully saturated rings. The Morgan fingerprint density at radius 3 is 2.81 bits per heavy atom. The highest BCUT2D eigenvalue weighted by Crippen LogP contribution is 2.35. The molecule has 10 heteroatoms. The van der Waals surface area contributed by atoms with E-state index in [0.29, 0.717) is 23.4 Å². The van der Waals surface area contributed by atoms with E-state index in [9.17, 15) is 18.4 Å². The maximum Gasteiger partial charge on any atom is 0.408 e. The zero-order valence-electron chi connectivity index (χ0n) is 17.1. The van der Waals surface area contributed by atoms with Crippen LogP contribution in [0.25, 0.3) is 0 Å². The average molecular weight is 442 g/mol. The van der Waals surface area contributed by atoms with Gasteiger partial charge in [-0.3, -0.25) is 9.48 Å². The number of amides is 2. The first kappa shape index (κ1) is 21.3. The largest absolute Gasteiger partial charge is 0.492 e. The number of alkyl carbamates (subject to hydrolysis) is 1. The van der Waals surface area contributed by atoms with Gasteiger partial charge >= 0.3 is 6.09 Å². The molecule has 166 valence electrons. The Kier molecular flexibility index (Phi) is 6.02. The summed E-state index contributed by atoms with van der Waals surface area (Å²) in [7, 11) is 1.77. The number of nitrogens with one attached hydrogen (secondary N) is 2. The summed E-state index contributed by atoms with van der Waals surface area (Å²) in [5.74, 6) is -2.31. The van der Waals surface area contributed by atoms with Crippen LogP contribution in [-0.4, -0.2) is 28.4 Å². The van der Waals surface area contributed by atoms with Crippen molar-refractivity contribution < 1.29 is 27.8 Å². The SMILES string of the molecule is Cn1ccc(COC(=O)N[C@H]2CCOc3c(C(=O)Nc4ccc(F)c(F)c4)cccc32)n1. The molecule has 2 aromatic carbocycles. The molecule has 1 aliphatic heterocycles. The Morgan fingerprint density at radius 2 is 2.06 bits per heavy atom. The number of ether oxygens (including phenoxy) is 2. The minimum atomic E-state index is -1.07. The molecule has 2 heterocycles. The monoisotopic (exact) mass is 442 g/mol. The first-order valence-corrected chi connectivity index (χ1v) is 9.84. The van der Waals surface area contributed by atoms with E-state index in [4.69, 9.17) is 9.47 Å². The molecule has 0 radical (unpaired) electrons. The van der Waals surface area contributed by atoms with Crippen molar-refractivity contribution in [1.29, 1.82) is 0 Å². The number of carbonyl (C=O) groups is 2. The van der Waals surface area contributed by atoms with Gasteiger partial charge in [0.2, 0.25) is 0 Å². The van der Waals surface area contributed by atoms with Gasteiger partial charge in [0.15, 0.2) is 11.6 Å². The molecule has 2 amide bonds. The fourth-order valence-corrected chi connectivity index (χ4v) is 3.39. The summed E-state index contributed by atoms with van der Waals surface area (Å²) < 4.78 is 39.1. The number of para-hydroxylation sites is 1. The van der Waals surface area contributed by atoms with E-state index in [2.05, 4.69) is 15.7 Å². The molecule has 3 aromatic rings. The van der Waals surface area contributed by atoms with E-state index in [1.165, 1.54) is 6.07 Å². The minimum absolute atomic E-state index is 0.0272. The summed E-state index contributed by atoms with van der Waals surface area (Å²) in [6.45, 7) is 0.299. The van der Waals surface area contributed by atoms with Crippen molar-refractivity contribution in [1.82, 2.24) is 15.1 Å². The molecule has 0 unspecified atom stereocenters. The second-order valence-electron chi connectivity index (χ2n) is 7.20. The van der Waals surface area contributed by atoms with Gasteiger partial charge in [0.1, 0.15) is 12.4 Å². The molecular weight excluding hydrogens is 422 g/mol. The first-order valence-electron chi connectivity index (χ1n) is 9.84. The van der Waals surface area contributed by atoms with Crippen molar-refractivity contribution >= 4 is 17.7 Å². The molecule has 0 bridgehead atoms. The number of carbonyl (C=O) groups excluding carboxylic acids is 2. The fraction of sp³-hybridized carbons (Fsp3) is 0.227.